The number of fused-ring (bicyclic) bond motifs is 30. The Morgan fingerprint density at radius 3 is 1.08 bits per heavy atom. The molecular weight excluding hydrogens is 1690 g/mol. The normalized spacial score (nSPS) is 12.5. The van der Waals surface area contributed by atoms with E-state index in [-0.39, 0.29) is 5.41 Å². The summed E-state index contributed by atoms with van der Waals surface area (Å²) < 4.78 is 35.0. The fourth-order valence-electron chi connectivity index (χ4n) is 21.9. The van der Waals surface area contributed by atoms with Gasteiger partial charge in [0.25, 0.3) is 0 Å². The fourth-order valence-corrected chi connectivity index (χ4v) is 23.2. The molecule has 10 nitrogen and oxygen atoms in total. The SMILES string of the molecule is CC1(C)c2ccccc2-c2ccc3c(c21)c1ccccc1n3-c1cc(-c2ccccc2)nc(-c2ccc3oc4ccccc4c3c2)c1.c1ccc(-c2cc(-n3c4ccccc4c4c5oc6ccccc6c5ccc43)cc(-c3ccc4oc5ccccc5c4c3)n2)cc1.c1ccc(-c2cc(-n3c4ccccc4c4c5sc6ccccc6c5ccc43)cc(-c3ccc4c(c3)oc3ccccc34)n2)cc1. The molecule has 0 fully saturated rings. The molecule has 1 aliphatic carbocycles. The fraction of sp³-hybridized carbons (Fsp3) is 0.0238. The van der Waals surface area contributed by atoms with Crippen molar-refractivity contribution in [3.8, 4) is 95.7 Å². The van der Waals surface area contributed by atoms with Crippen LogP contribution in [0, 0.1) is 0 Å². The lowest BCUT2D eigenvalue weighted by Gasteiger charge is -2.22. The number of thiophene rings is 1. The highest BCUT2D eigenvalue weighted by Gasteiger charge is 2.39. The highest BCUT2D eigenvalue weighted by Crippen LogP contribution is 2.55. The van der Waals surface area contributed by atoms with E-state index in [0.717, 1.165) is 194 Å². The van der Waals surface area contributed by atoms with Gasteiger partial charge in [-0.05, 0) is 180 Å². The molecule has 11 aromatic heterocycles. The number of furan rings is 4. The number of para-hydroxylation sites is 7. The van der Waals surface area contributed by atoms with E-state index >= 15 is 0 Å². The smallest absolute Gasteiger partial charge is 0.145 e. The summed E-state index contributed by atoms with van der Waals surface area (Å²) in [5, 5.41) is 18.9. The lowest BCUT2D eigenvalue weighted by Crippen LogP contribution is -2.15. The predicted octanol–water partition coefficient (Wildman–Crippen LogP) is 34.8. The maximum atomic E-state index is 6.54. The molecule has 11 heterocycles. The van der Waals surface area contributed by atoms with E-state index in [1.165, 1.54) is 86.0 Å². The van der Waals surface area contributed by atoms with Gasteiger partial charge in [0.2, 0.25) is 0 Å². The molecule has 1 aliphatic rings. The summed E-state index contributed by atoms with van der Waals surface area (Å²) in [6.45, 7) is 4.74. The first kappa shape index (κ1) is 77.9. The van der Waals surface area contributed by atoms with Gasteiger partial charge < -0.3 is 31.4 Å². The summed E-state index contributed by atoms with van der Waals surface area (Å²) in [5.74, 6) is 0. The molecule has 0 aliphatic heterocycles. The van der Waals surface area contributed by atoms with E-state index in [1.54, 1.807) is 0 Å². The van der Waals surface area contributed by atoms with Crippen molar-refractivity contribution in [1.82, 2.24) is 28.7 Å². The van der Waals surface area contributed by atoms with E-state index in [9.17, 15) is 0 Å². The second kappa shape index (κ2) is 30.7. The molecule has 11 heteroatoms. The number of aromatic nitrogens is 6. The first-order valence-electron chi connectivity index (χ1n) is 46.5. The Hall–Kier alpha value is -17.8. The molecule has 0 bridgehead atoms. The van der Waals surface area contributed by atoms with Crippen LogP contribution >= 0.6 is 11.3 Å². The quantitative estimate of drug-likeness (QED) is 0.142. The van der Waals surface area contributed by atoms with E-state index in [4.69, 9.17) is 32.6 Å². The van der Waals surface area contributed by atoms with Crippen LogP contribution in [0.5, 0.6) is 0 Å². The Bertz CT molecular complexity index is 10100. The van der Waals surface area contributed by atoms with Crippen LogP contribution in [0.4, 0.5) is 0 Å². The largest absolute Gasteiger partial charge is 0.456 e. The minimum absolute atomic E-state index is 0.123. The number of hydrogen-bond acceptors (Lipinski definition) is 8. The van der Waals surface area contributed by atoms with Gasteiger partial charge in [0.1, 0.15) is 44.7 Å². The molecule has 30 rings (SSSR count). The van der Waals surface area contributed by atoms with E-state index < -0.39 is 0 Å². The maximum Gasteiger partial charge on any atom is 0.145 e. The summed E-state index contributed by atoms with van der Waals surface area (Å²) in [6, 6.07) is 154. The molecule has 642 valence electrons. The average Bonchev–Trinajstić information content (AvgIpc) is 1.54. The molecule has 0 atom stereocenters. The molecule has 0 N–H and O–H groups in total. The highest BCUT2D eigenvalue weighted by molar-refractivity contribution is 7.26. The van der Waals surface area contributed by atoms with E-state index in [2.05, 4.69) is 404 Å². The summed E-state index contributed by atoms with van der Waals surface area (Å²) >= 11 is 1.88. The molecule has 0 unspecified atom stereocenters. The number of pyridine rings is 3. The van der Waals surface area contributed by atoms with Gasteiger partial charge in [0.05, 0.1) is 89.7 Å². The Balaban J connectivity index is 0.000000102. The first-order chi connectivity index (χ1) is 67.7. The third-order valence-corrected chi connectivity index (χ3v) is 29.4. The van der Waals surface area contributed by atoms with Gasteiger partial charge in [0, 0.05) is 129 Å². The van der Waals surface area contributed by atoms with Crippen LogP contribution < -0.4 is 0 Å². The number of nitrogens with zero attached hydrogens (tertiary/aromatic N) is 6. The Kier molecular flexibility index (Phi) is 17.4. The molecule has 0 saturated heterocycles. The Labute approximate surface area is 788 Å². The van der Waals surface area contributed by atoms with Crippen molar-refractivity contribution in [3.63, 3.8) is 0 Å². The maximum absolute atomic E-state index is 6.54. The van der Waals surface area contributed by atoms with Gasteiger partial charge in [0.15, 0.2) is 0 Å². The third kappa shape index (κ3) is 12.4. The van der Waals surface area contributed by atoms with Crippen LogP contribution in [0.15, 0.2) is 454 Å². The van der Waals surface area contributed by atoms with Crippen molar-refractivity contribution in [2.45, 2.75) is 19.3 Å². The topological polar surface area (TPSA) is 106 Å². The minimum atomic E-state index is -0.123. The van der Waals surface area contributed by atoms with Crippen molar-refractivity contribution in [2.75, 3.05) is 0 Å². The van der Waals surface area contributed by atoms with Gasteiger partial charge in [-0.3, -0.25) is 0 Å². The molecule has 0 radical (unpaired) electrons. The van der Waals surface area contributed by atoms with Crippen LogP contribution in [0.1, 0.15) is 25.0 Å². The van der Waals surface area contributed by atoms with Gasteiger partial charge in [-0.15, -0.1) is 11.3 Å². The number of hydrogen-bond donors (Lipinski definition) is 0. The van der Waals surface area contributed by atoms with Crippen molar-refractivity contribution in [3.05, 3.63) is 448 Å². The molecule has 0 amide bonds. The monoisotopic (exact) mass is 1770 g/mol. The number of rotatable bonds is 9. The van der Waals surface area contributed by atoms with Crippen LogP contribution in [-0.2, 0) is 5.41 Å². The highest BCUT2D eigenvalue weighted by atomic mass is 32.1. The van der Waals surface area contributed by atoms with E-state index in [0.29, 0.717) is 0 Å². The second-order valence-corrected chi connectivity index (χ2v) is 37.3. The zero-order chi connectivity index (χ0) is 90.2. The Morgan fingerprint density at radius 1 is 0.219 bits per heavy atom. The van der Waals surface area contributed by atoms with Crippen LogP contribution in [0.2, 0.25) is 0 Å². The first-order valence-corrected chi connectivity index (χ1v) is 47.3. The Morgan fingerprint density at radius 2 is 0.562 bits per heavy atom. The zero-order valence-electron chi connectivity index (χ0n) is 74.3. The van der Waals surface area contributed by atoms with Crippen LogP contribution in [0.25, 0.3) is 269 Å². The van der Waals surface area contributed by atoms with Gasteiger partial charge in [-0.1, -0.05) is 293 Å². The average molecular weight is 1770 g/mol. The third-order valence-electron chi connectivity index (χ3n) is 28.1. The summed E-state index contributed by atoms with van der Waals surface area (Å²) in [6.07, 6.45) is 0. The van der Waals surface area contributed by atoms with Gasteiger partial charge in [-0.2, -0.15) is 0 Å². The lowest BCUT2D eigenvalue weighted by atomic mass is 9.80. The molecular formula is C126H78N6O4S. The van der Waals surface area contributed by atoms with Crippen LogP contribution in [-0.4, -0.2) is 28.7 Å². The lowest BCUT2D eigenvalue weighted by molar-refractivity contribution is 0.666. The minimum Gasteiger partial charge on any atom is -0.456 e. The van der Waals surface area contributed by atoms with Crippen LogP contribution in [0.3, 0.4) is 0 Å². The molecule has 29 aromatic rings. The van der Waals surface area contributed by atoms with Crippen molar-refractivity contribution < 1.29 is 17.7 Å². The molecule has 137 heavy (non-hydrogen) atoms. The standard InChI is InChI=1S/C44H30N2O.C41H24N2O2.C41H24N2OS/c1-44(2)35-17-9-6-14-30(35)32-21-22-39-42(43(32)44)33-16-7-10-18-38(33)46(39)29-25-36(27-12-4-3-5-13-27)45-37(26-29)28-20-23-41-34(24-28)31-15-8-11-19-40(31)47-41;1-2-10-25(11-3-1)33-23-27(24-34(42-33)26-18-21-39-32(22-26)29-13-6-8-16-37(29)44-39)43-35-15-7-4-14-31(35)40-36(43)20-19-30-28-12-5-9-17-38(28)45-41(30)40;1-2-10-25(11-3-1)33-23-27(24-34(42-33)26-18-19-29-28-12-5-8-16-37(28)44-38(29)22-26)43-35-15-7-4-14-32(35)40-36(43)21-20-31-30-13-6-9-17-39(30)45-41(31)40/h3-26H,1-2H3;2*1-24H. The van der Waals surface area contributed by atoms with Gasteiger partial charge in [-0.25, -0.2) is 15.0 Å². The summed E-state index contributed by atoms with van der Waals surface area (Å²) in [7, 11) is 0. The van der Waals surface area contributed by atoms with E-state index in [1.807, 2.05) is 72.0 Å². The van der Waals surface area contributed by atoms with Crippen molar-refractivity contribution in [2.24, 2.45) is 0 Å². The summed E-state index contributed by atoms with van der Waals surface area (Å²) in [4.78, 5) is 15.7. The predicted molar refractivity (Wildman–Crippen MR) is 568 cm³/mol. The molecule has 18 aromatic carbocycles. The number of benzene rings is 18. The van der Waals surface area contributed by atoms with Gasteiger partial charge >= 0.3 is 0 Å². The zero-order valence-corrected chi connectivity index (χ0v) is 75.1. The second-order valence-electron chi connectivity index (χ2n) is 36.3. The summed E-state index contributed by atoms with van der Waals surface area (Å²) in [5.41, 5.74) is 34.5. The van der Waals surface area contributed by atoms with Crippen molar-refractivity contribution in [1.29, 1.82) is 0 Å². The van der Waals surface area contributed by atoms with Crippen molar-refractivity contribution >= 4 is 185 Å². The molecule has 0 spiro atoms. The molecule has 0 saturated carbocycles.